The van der Waals surface area contributed by atoms with Gasteiger partial charge in [-0.2, -0.15) is 16.8 Å². The van der Waals surface area contributed by atoms with Crippen molar-refractivity contribution in [1.82, 2.24) is 19.8 Å². The molecule has 4 N–H and O–H groups in total. The van der Waals surface area contributed by atoms with Crippen molar-refractivity contribution in [3.05, 3.63) is 125 Å². The molecule has 4 aromatic carbocycles. The molecule has 0 atom stereocenters. The molecule has 2 heterocycles. The first kappa shape index (κ1) is 45.5. The first-order valence-corrected chi connectivity index (χ1v) is 20.9. The van der Waals surface area contributed by atoms with E-state index in [2.05, 4.69) is 69.7 Å². The lowest BCUT2D eigenvalue weighted by Gasteiger charge is -2.40. The first-order valence-electron chi connectivity index (χ1n) is 17.7. The van der Waals surface area contributed by atoms with E-state index in [1.807, 2.05) is 19.9 Å². The molecule has 1 amide bonds. The van der Waals surface area contributed by atoms with Gasteiger partial charge in [0.2, 0.25) is 5.91 Å². The van der Waals surface area contributed by atoms with E-state index >= 15 is 0 Å². The van der Waals surface area contributed by atoms with Crippen LogP contribution in [0.4, 0.5) is 21.6 Å². The standard InChI is InChI=1S/C27H28ClFN6O.2C7H8O3S/c1-5-24(36)33-23-15-18(8-9-27(2,3)35-12-10-34(4)11-13-35)14-22-25(23)26(31-17-30-22)32-19-6-7-21(29)20(28)16-19;2*1-6-2-4-7(5-3-6)11(8,9)10/h5-7,14-17H,1,10-13H2,2-4H3,(H,33,36)(H,30,31,32);2*2-5H,1H3,(H,8,9,10). The van der Waals surface area contributed by atoms with Crippen LogP contribution in [0.3, 0.4) is 0 Å². The highest BCUT2D eigenvalue weighted by Crippen LogP contribution is 2.32. The molecule has 1 saturated heterocycles. The van der Waals surface area contributed by atoms with Crippen LogP contribution in [0.25, 0.3) is 10.9 Å². The van der Waals surface area contributed by atoms with E-state index < -0.39 is 26.1 Å². The fourth-order valence-corrected chi connectivity index (χ4v) is 6.58. The van der Waals surface area contributed by atoms with Gasteiger partial charge in [-0.15, -0.1) is 0 Å². The molecule has 0 spiro atoms. The van der Waals surface area contributed by atoms with Gasteiger partial charge in [0.05, 0.1) is 36.9 Å². The zero-order valence-corrected chi connectivity index (χ0v) is 34.9. The molecule has 1 aliphatic heterocycles. The van der Waals surface area contributed by atoms with Crippen molar-refractivity contribution in [2.75, 3.05) is 43.9 Å². The highest BCUT2D eigenvalue weighted by Gasteiger charge is 2.27. The molecular weight excluding hydrogens is 807 g/mol. The third kappa shape index (κ3) is 13.1. The summed E-state index contributed by atoms with van der Waals surface area (Å²) >= 11 is 5.94. The fourth-order valence-electron chi connectivity index (χ4n) is 5.44. The number of anilines is 3. The molecule has 0 bridgehead atoms. The van der Waals surface area contributed by atoms with Crippen molar-refractivity contribution in [3.63, 3.8) is 0 Å². The molecule has 0 unspecified atom stereocenters. The second kappa shape index (κ2) is 19.5. The van der Waals surface area contributed by atoms with Crippen LogP contribution in [0.2, 0.25) is 5.02 Å². The first-order chi connectivity index (χ1) is 27.2. The number of likely N-dealkylation sites (N-methyl/N-ethyl adjacent to an activating group) is 1. The van der Waals surface area contributed by atoms with Gasteiger partial charge in [-0.3, -0.25) is 18.8 Å². The Kier molecular flexibility index (Phi) is 15.3. The van der Waals surface area contributed by atoms with Gasteiger partial charge in [-0.25, -0.2) is 14.4 Å². The van der Waals surface area contributed by atoms with E-state index in [1.165, 1.54) is 48.8 Å². The summed E-state index contributed by atoms with van der Waals surface area (Å²) in [6.07, 6.45) is 2.61. The number of piperazine rings is 1. The van der Waals surface area contributed by atoms with Gasteiger partial charge in [0.25, 0.3) is 20.2 Å². The maximum Gasteiger partial charge on any atom is 0.294 e. The minimum Gasteiger partial charge on any atom is -0.340 e. The van der Waals surface area contributed by atoms with E-state index in [-0.39, 0.29) is 26.3 Å². The summed E-state index contributed by atoms with van der Waals surface area (Å²) in [7, 11) is -5.91. The number of halogens is 2. The van der Waals surface area contributed by atoms with Crippen molar-refractivity contribution >= 4 is 65.8 Å². The predicted octanol–water partition coefficient (Wildman–Crippen LogP) is 7.15. The number of rotatable bonds is 7. The lowest BCUT2D eigenvalue weighted by atomic mass is 10.0. The molecule has 0 aliphatic carbocycles. The number of nitrogens with zero attached hydrogens (tertiary/aromatic N) is 4. The molecule has 1 aliphatic rings. The van der Waals surface area contributed by atoms with Gasteiger partial charge in [0, 0.05) is 37.4 Å². The molecule has 17 heteroatoms. The average Bonchev–Trinajstić information content (AvgIpc) is 3.16. The maximum absolute atomic E-state index is 13.6. The third-order valence-corrected chi connectivity index (χ3v) is 10.8. The zero-order chi connectivity index (χ0) is 42.8. The van der Waals surface area contributed by atoms with Gasteiger partial charge in [-0.05, 0) is 95.4 Å². The molecule has 1 fully saturated rings. The van der Waals surface area contributed by atoms with Crippen LogP contribution in [0.15, 0.2) is 108 Å². The third-order valence-electron chi connectivity index (χ3n) is 8.81. The van der Waals surface area contributed by atoms with Crippen LogP contribution >= 0.6 is 11.6 Å². The van der Waals surface area contributed by atoms with Crippen LogP contribution in [-0.2, 0) is 25.0 Å². The smallest absolute Gasteiger partial charge is 0.294 e. The predicted molar refractivity (Wildman–Crippen MR) is 225 cm³/mol. The molecule has 5 aromatic rings. The molecule has 0 saturated carbocycles. The Morgan fingerprint density at radius 1 is 0.879 bits per heavy atom. The number of hydrogen-bond acceptors (Lipinski definition) is 10. The highest BCUT2D eigenvalue weighted by atomic mass is 35.5. The summed E-state index contributed by atoms with van der Waals surface area (Å²) in [5.74, 6) is 6.21. The highest BCUT2D eigenvalue weighted by molar-refractivity contribution is 7.86. The summed E-state index contributed by atoms with van der Waals surface area (Å²) in [6, 6.07) is 19.9. The van der Waals surface area contributed by atoms with Gasteiger partial charge in [0.15, 0.2) is 0 Å². The van der Waals surface area contributed by atoms with Crippen molar-refractivity contribution < 1.29 is 35.1 Å². The largest absolute Gasteiger partial charge is 0.340 e. The zero-order valence-electron chi connectivity index (χ0n) is 32.5. The fraction of sp³-hybridized carbons (Fsp3) is 0.244. The lowest BCUT2D eigenvalue weighted by molar-refractivity contribution is -0.111. The second-order valence-electron chi connectivity index (χ2n) is 13.8. The number of fused-ring (bicyclic) bond motifs is 1. The number of aryl methyl sites for hydroxylation is 2. The minimum atomic E-state index is -4.02. The summed E-state index contributed by atoms with van der Waals surface area (Å²) in [6.45, 7) is 15.4. The molecule has 13 nitrogen and oxygen atoms in total. The molecular formula is C41H44ClFN6O7S2. The summed E-state index contributed by atoms with van der Waals surface area (Å²) in [5.41, 5.74) is 3.91. The Balaban J connectivity index is 0.000000273. The number of amides is 1. The van der Waals surface area contributed by atoms with E-state index in [0.29, 0.717) is 33.7 Å². The maximum atomic E-state index is 13.6. The lowest BCUT2D eigenvalue weighted by Crippen LogP contribution is -2.53. The van der Waals surface area contributed by atoms with E-state index in [0.717, 1.165) is 37.3 Å². The molecule has 306 valence electrons. The van der Waals surface area contributed by atoms with Crippen molar-refractivity contribution in [2.24, 2.45) is 0 Å². The quantitative estimate of drug-likeness (QED) is 0.0739. The Hall–Kier alpha value is -5.25. The van der Waals surface area contributed by atoms with Crippen LogP contribution in [0.1, 0.15) is 30.5 Å². The number of nitrogens with one attached hydrogen (secondary N) is 2. The van der Waals surface area contributed by atoms with Crippen molar-refractivity contribution in [2.45, 2.75) is 43.0 Å². The molecule has 0 radical (unpaired) electrons. The van der Waals surface area contributed by atoms with Crippen LogP contribution < -0.4 is 10.6 Å². The van der Waals surface area contributed by atoms with E-state index in [4.69, 9.17) is 20.7 Å². The minimum absolute atomic E-state index is 0.0147. The SMILES string of the molecule is C=CC(=O)Nc1cc(C#CC(C)(C)N2CCN(C)CC2)cc2ncnc(Nc3ccc(F)c(Cl)c3)c12.Cc1ccc(S(=O)(=O)O)cc1.Cc1ccc(S(=O)(=O)O)cc1. The topological polar surface area (TPSA) is 182 Å². The summed E-state index contributed by atoms with van der Waals surface area (Å²) < 4.78 is 72.7. The monoisotopic (exact) mass is 850 g/mol. The Morgan fingerprint density at radius 2 is 1.43 bits per heavy atom. The average molecular weight is 851 g/mol. The molecule has 6 rings (SSSR count). The summed E-state index contributed by atoms with van der Waals surface area (Å²) in [5, 5.41) is 6.55. The summed E-state index contributed by atoms with van der Waals surface area (Å²) in [4.78, 5) is 25.6. The number of carbonyl (C=O) groups is 1. The molecule has 1 aromatic heterocycles. The number of aromatic nitrogens is 2. The normalized spacial score (nSPS) is 13.5. The Bertz CT molecular complexity index is 2480. The van der Waals surface area contributed by atoms with E-state index in [1.54, 1.807) is 36.4 Å². The van der Waals surface area contributed by atoms with Crippen molar-refractivity contribution in [3.8, 4) is 11.8 Å². The van der Waals surface area contributed by atoms with Crippen LogP contribution in [0.5, 0.6) is 0 Å². The van der Waals surface area contributed by atoms with Crippen LogP contribution in [0, 0.1) is 31.5 Å². The van der Waals surface area contributed by atoms with Gasteiger partial charge < -0.3 is 15.5 Å². The second-order valence-corrected chi connectivity index (χ2v) is 17.0. The Morgan fingerprint density at radius 3 is 1.93 bits per heavy atom. The van der Waals surface area contributed by atoms with Crippen molar-refractivity contribution in [1.29, 1.82) is 0 Å². The number of carbonyl (C=O) groups excluding carboxylic acids is 1. The van der Waals surface area contributed by atoms with Gasteiger partial charge in [0.1, 0.15) is 18.0 Å². The van der Waals surface area contributed by atoms with Crippen LogP contribution in [-0.4, -0.2) is 90.4 Å². The number of hydrogen-bond donors (Lipinski definition) is 4. The number of benzene rings is 4. The molecule has 58 heavy (non-hydrogen) atoms. The van der Waals surface area contributed by atoms with E-state index in [9.17, 15) is 26.0 Å². The Labute approximate surface area is 343 Å². The van der Waals surface area contributed by atoms with Gasteiger partial charge >= 0.3 is 0 Å². The van der Waals surface area contributed by atoms with Gasteiger partial charge in [-0.1, -0.05) is 65.4 Å².